The van der Waals surface area contributed by atoms with E-state index in [-0.39, 0.29) is 46.5 Å². The van der Waals surface area contributed by atoms with E-state index in [2.05, 4.69) is 28.1 Å². The van der Waals surface area contributed by atoms with Gasteiger partial charge in [0, 0.05) is 0 Å². The monoisotopic (exact) mass is 529 g/mol. The quantitative estimate of drug-likeness (QED) is 0.138. The summed E-state index contributed by atoms with van der Waals surface area (Å²) in [4.78, 5) is 49.0. The maximum atomic E-state index is 11.8. The number of hydrogen-bond donors (Lipinski definition) is 6. The van der Waals surface area contributed by atoms with Crippen LogP contribution in [0.5, 0.6) is 0 Å². The summed E-state index contributed by atoms with van der Waals surface area (Å²) < 4.78 is 51.5. The molecule has 0 spiro atoms. The van der Waals surface area contributed by atoms with Crippen LogP contribution >= 0.6 is 23.5 Å². The summed E-state index contributed by atoms with van der Waals surface area (Å²) in [5.41, 5.74) is 5.99. The molecule has 2 aromatic rings. The molecule has 7 N–H and O–H groups in total. The molecule has 1 aliphatic rings. The van der Waals surface area contributed by atoms with E-state index in [0.29, 0.717) is 0 Å². The molecule has 0 saturated carbocycles. The molecule has 3 heterocycles. The number of aliphatic hydroxyl groups is 2. The molecule has 174 valence electrons. The van der Waals surface area contributed by atoms with Crippen molar-refractivity contribution in [3.8, 4) is 0 Å². The third kappa shape index (κ3) is 6.61. The van der Waals surface area contributed by atoms with Crippen LogP contribution in [0.3, 0.4) is 0 Å². The molecule has 1 fully saturated rings. The van der Waals surface area contributed by atoms with Crippen molar-refractivity contribution in [2.24, 2.45) is 0 Å². The predicted molar refractivity (Wildman–Crippen MR) is 93.3 cm³/mol. The fourth-order valence-electron chi connectivity index (χ4n) is 2.62. The summed E-state index contributed by atoms with van der Waals surface area (Å²) >= 11 is 0. The van der Waals surface area contributed by atoms with Gasteiger partial charge in [0.2, 0.25) is 0 Å². The van der Waals surface area contributed by atoms with Crippen LogP contribution in [0.1, 0.15) is 6.23 Å². The van der Waals surface area contributed by atoms with Gasteiger partial charge in [-0.3, -0.25) is 13.7 Å². The Kier molecular flexibility index (Phi) is 8.80. The van der Waals surface area contributed by atoms with Crippen LogP contribution in [-0.4, -0.2) is 69.3 Å². The molecular weight excluding hydrogens is 514 g/mol. The second kappa shape index (κ2) is 10.1. The van der Waals surface area contributed by atoms with E-state index in [1.807, 2.05) is 0 Å². The number of hydrogen-bond acceptors (Lipinski definition) is 14. The predicted octanol–water partition coefficient (Wildman–Crippen LogP) is -5.26. The zero-order valence-electron chi connectivity index (χ0n) is 15.9. The molecular formula is C10H15N5NaO13P3. The van der Waals surface area contributed by atoms with Gasteiger partial charge in [-0.05, 0) is 0 Å². The average molecular weight is 529 g/mol. The molecule has 1 saturated heterocycles. The molecule has 0 radical (unpaired) electrons. The maximum Gasteiger partial charge on any atom is 1.00 e. The van der Waals surface area contributed by atoms with Crippen LogP contribution in [0.15, 0.2) is 12.7 Å². The first kappa shape index (κ1) is 27.9. The Labute approximate surface area is 200 Å². The summed E-state index contributed by atoms with van der Waals surface area (Å²) in [6.45, 7) is -0.972. The van der Waals surface area contributed by atoms with Gasteiger partial charge in [-0.2, -0.15) is 4.31 Å². The van der Waals surface area contributed by atoms with Crippen LogP contribution in [0, 0.1) is 0 Å². The SMILES string of the molecule is Nc1ncnc2c1ncn2C1OC(COP(=O)(O)OP(=O)(O)OP(=O)([O-])O)C(O)C1O.[Na+]. The molecule has 1 aliphatic heterocycles. The summed E-state index contributed by atoms with van der Waals surface area (Å²) in [6.07, 6.45) is -3.74. The molecule has 0 aromatic carbocycles. The summed E-state index contributed by atoms with van der Waals surface area (Å²) in [6, 6.07) is 0. The zero-order chi connectivity index (χ0) is 23.2. The first-order valence-electron chi connectivity index (χ1n) is 7.90. The zero-order valence-corrected chi connectivity index (χ0v) is 20.6. The molecule has 0 bridgehead atoms. The number of aromatic nitrogens is 4. The second-order valence-corrected chi connectivity index (χ2v) is 10.4. The number of nitrogens with two attached hydrogens (primary N) is 1. The number of phosphoric acid groups is 3. The first-order chi connectivity index (χ1) is 14.2. The van der Waals surface area contributed by atoms with E-state index in [0.717, 1.165) is 6.33 Å². The smallest absolute Gasteiger partial charge is 0.756 e. The van der Waals surface area contributed by atoms with Crippen molar-refractivity contribution in [1.82, 2.24) is 19.5 Å². The van der Waals surface area contributed by atoms with Crippen molar-refractivity contribution >= 4 is 40.4 Å². The van der Waals surface area contributed by atoms with Crippen LogP contribution in [0.2, 0.25) is 0 Å². The number of fused-ring (bicyclic) bond motifs is 1. The van der Waals surface area contributed by atoms with E-state index >= 15 is 0 Å². The molecule has 3 rings (SSSR count). The van der Waals surface area contributed by atoms with Crippen molar-refractivity contribution in [3.63, 3.8) is 0 Å². The van der Waals surface area contributed by atoms with E-state index in [4.69, 9.17) is 20.3 Å². The Hall–Kier alpha value is -0.360. The van der Waals surface area contributed by atoms with Crippen LogP contribution in [0.25, 0.3) is 11.2 Å². The van der Waals surface area contributed by atoms with Gasteiger partial charge in [0.1, 0.15) is 30.2 Å². The molecule has 0 aliphatic carbocycles. The molecule has 7 atom stereocenters. The fourth-order valence-corrected chi connectivity index (χ4v) is 5.62. The first-order valence-corrected chi connectivity index (χ1v) is 12.4. The number of aliphatic hydroxyl groups excluding tert-OH is 2. The Balaban J connectivity index is 0.00000363. The number of phosphoric ester groups is 1. The number of ether oxygens (including phenoxy) is 1. The van der Waals surface area contributed by atoms with Gasteiger partial charge < -0.3 is 40.3 Å². The molecule has 18 nitrogen and oxygen atoms in total. The largest absolute Gasteiger partial charge is 1.00 e. The van der Waals surface area contributed by atoms with Crippen molar-refractivity contribution in [3.05, 3.63) is 12.7 Å². The minimum atomic E-state index is -5.79. The minimum absolute atomic E-state index is 0. The number of nitrogen functional groups attached to an aromatic ring is 1. The van der Waals surface area contributed by atoms with Crippen molar-refractivity contribution < 1.29 is 90.9 Å². The van der Waals surface area contributed by atoms with E-state index in [1.54, 1.807) is 0 Å². The Morgan fingerprint density at radius 1 is 1.09 bits per heavy atom. The summed E-state index contributed by atoms with van der Waals surface area (Å²) in [5.74, 6) is 0.0381. The molecule has 22 heteroatoms. The number of imidazole rings is 1. The summed E-state index contributed by atoms with van der Waals surface area (Å²) in [5, 5.41) is 20.4. The maximum absolute atomic E-state index is 11.8. The van der Waals surface area contributed by atoms with Gasteiger partial charge in [0.15, 0.2) is 17.7 Å². The standard InChI is InChI=1S/C10H16N5O13P3.Na/c11-8-5-9(13-2-12-8)15(3-14-5)10-7(17)6(16)4(26-10)1-25-30(21,22)28-31(23,24)27-29(18,19)20;/h2-4,6-7,10,16-17H,1H2,(H,21,22)(H,23,24)(H2,11,12,13)(H2,18,19,20);/q;+1/p-1. The molecule has 2 aromatic heterocycles. The van der Waals surface area contributed by atoms with Crippen LogP contribution < -0.4 is 40.2 Å². The van der Waals surface area contributed by atoms with Gasteiger partial charge >= 0.3 is 45.2 Å². The third-order valence-electron chi connectivity index (χ3n) is 3.81. The minimum Gasteiger partial charge on any atom is -0.756 e. The Morgan fingerprint density at radius 3 is 2.38 bits per heavy atom. The van der Waals surface area contributed by atoms with Gasteiger partial charge in [-0.25, -0.2) is 28.4 Å². The molecule has 32 heavy (non-hydrogen) atoms. The average Bonchev–Trinajstić information content (AvgIpc) is 3.13. The number of rotatable bonds is 8. The third-order valence-corrected chi connectivity index (χ3v) is 7.59. The van der Waals surface area contributed by atoms with Gasteiger partial charge in [-0.1, -0.05) is 0 Å². The van der Waals surface area contributed by atoms with Gasteiger partial charge in [0.25, 0.3) is 7.82 Å². The van der Waals surface area contributed by atoms with E-state index < -0.39 is 54.6 Å². The van der Waals surface area contributed by atoms with Crippen molar-refractivity contribution in [1.29, 1.82) is 0 Å². The number of nitrogens with zero attached hydrogens (tertiary/aromatic N) is 4. The van der Waals surface area contributed by atoms with Crippen LogP contribution in [-0.2, 0) is 31.6 Å². The fraction of sp³-hybridized carbons (Fsp3) is 0.500. The van der Waals surface area contributed by atoms with Gasteiger partial charge in [0.05, 0.1) is 12.9 Å². The van der Waals surface area contributed by atoms with Crippen LogP contribution in [0.4, 0.5) is 5.82 Å². The second-order valence-electron chi connectivity index (χ2n) is 5.99. The molecule has 0 amide bonds. The number of anilines is 1. The van der Waals surface area contributed by atoms with Crippen molar-refractivity contribution in [2.75, 3.05) is 12.3 Å². The van der Waals surface area contributed by atoms with Crippen molar-refractivity contribution in [2.45, 2.75) is 24.5 Å². The summed E-state index contributed by atoms with van der Waals surface area (Å²) in [7, 11) is -17.0. The Morgan fingerprint density at radius 2 is 1.75 bits per heavy atom. The van der Waals surface area contributed by atoms with Gasteiger partial charge in [-0.15, -0.1) is 0 Å². The normalized spacial score (nSPS) is 29.1. The topological polar surface area (TPSA) is 282 Å². The Bertz CT molecular complexity index is 1110. The van der Waals surface area contributed by atoms with E-state index in [1.165, 1.54) is 10.9 Å². The van der Waals surface area contributed by atoms with E-state index in [9.17, 15) is 33.7 Å². The molecule has 7 unspecified atom stereocenters.